The first-order valence-corrected chi connectivity index (χ1v) is 5.52. The molecule has 1 nitrogen and oxygen atoms in total. The molecule has 0 heterocycles. The third-order valence-electron chi connectivity index (χ3n) is 2.38. The van der Waals surface area contributed by atoms with Gasteiger partial charge in [0.05, 0.1) is 0 Å². The molecule has 0 aromatic heterocycles. The van der Waals surface area contributed by atoms with E-state index in [0.717, 1.165) is 13.1 Å². The van der Waals surface area contributed by atoms with Gasteiger partial charge in [0.25, 0.3) is 0 Å². The van der Waals surface area contributed by atoms with Crippen LogP contribution in [0.2, 0.25) is 0 Å². The molecule has 1 heteroatoms. The molecule has 0 amide bonds. The Morgan fingerprint density at radius 2 is 1.69 bits per heavy atom. The van der Waals surface area contributed by atoms with Crippen LogP contribution in [0.5, 0.6) is 0 Å². The van der Waals surface area contributed by atoms with Gasteiger partial charge in [0.1, 0.15) is 0 Å². The topological polar surface area (TPSA) is 3.24 Å². The fourth-order valence-electron chi connectivity index (χ4n) is 1.72. The minimum atomic E-state index is 0.834. The van der Waals surface area contributed by atoms with Gasteiger partial charge in [-0.25, -0.2) is 0 Å². The summed E-state index contributed by atoms with van der Waals surface area (Å²) in [7, 11) is 0. The fourth-order valence-corrected chi connectivity index (χ4v) is 1.72. The zero-order valence-corrected chi connectivity index (χ0v) is 9.89. The Balaban J connectivity index is 2.95. The number of hydrogen-bond acceptors (Lipinski definition) is 1. The summed E-state index contributed by atoms with van der Waals surface area (Å²) in [5.41, 5.74) is 2.45. The van der Waals surface area contributed by atoms with E-state index in [1.54, 1.807) is 0 Å². The summed E-state index contributed by atoms with van der Waals surface area (Å²) in [5, 5.41) is 0. The van der Waals surface area contributed by atoms with Crippen LogP contribution in [-0.2, 0) is 0 Å². The van der Waals surface area contributed by atoms with Crippen molar-refractivity contribution < 1.29 is 0 Å². The largest absolute Gasteiger partial charge is 0.364 e. The maximum absolute atomic E-state index is 3.79. The lowest BCUT2D eigenvalue weighted by atomic mass is 10.1. The predicted molar refractivity (Wildman–Crippen MR) is 72.1 cm³/mol. The normalized spacial score (nSPS) is 10.9. The summed E-state index contributed by atoms with van der Waals surface area (Å²) in [6.45, 7) is 11.3. The molecule has 1 rings (SSSR count). The minimum absolute atomic E-state index is 0.834. The highest BCUT2D eigenvalue weighted by molar-refractivity contribution is 5.64. The van der Waals surface area contributed by atoms with Gasteiger partial charge in [-0.2, -0.15) is 0 Å². The van der Waals surface area contributed by atoms with Crippen LogP contribution in [0.15, 0.2) is 61.7 Å². The van der Waals surface area contributed by atoms with E-state index in [9.17, 15) is 0 Å². The van der Waals surface area contributed by atoms with Gasteiger partial charge in [-0.1, -0.05) is 48.6 Å². The Morgan fingerprint density at radius 1 is 1.12 bits per heavy atom. The molecule has 0 saturated heterocycles. The summed E-state index contributed by atoms with van der Waals surface area (Å²) < 4.78 is 0. The molecule has 0 aliphatic rings. The maximum Gasteiger partial charge on any atom is 0.0402 e. The molecule has 0 aliphatic heterocycles. The molecule has 84 valence electrons. The first-order chi connectivity index (χ1) is 7.83. The average molecular weight is 213 g/mol. The van der Waals surface area contributed by atoms with E-state index in [1.807, 2.05) is 18.2 Å². The second-order valence-electron chi connectivity index (χ2n) is 3.52. The Bertz CT molecular complexity index is 352. The van der Waals surface area contributed by atoms with Crippen LogP contribution in [0.25, 0.3) is 5.70 Å². The van der Waals surface area contributed by atoms with Crippen molar-refractivity contribution in [2.45, 2.75) is 6.92 Å². The van der Waals surface area contributed by atoms with Crippen LogP contribution in [-0.4, -0.2) is 18.0 Å². The molecule has 0 unspecified atom stereocenters. The third kappa shape index (κ3) is 3.13. The predicted octanol–water partition coefficient (Wildman–Crippen LogP) is 3.72. The van der Waals surface area contributed by atoms with Gasteiger partial charge in [0, 0.05) is 18.8 Å². The molecule has 1 aromatic carbocycles. The van der Waals surface area contributed by atoms with E-state index < -0.39 is 0 Å². The van der Waals surface area contributed by atoms with Gasteiger partial charge >= 0.3 is 0 Å². The molecule has 0 spiro atoms. The molecule has 0 fully saturated rings. The summed E-state index contributed by atoms with van der Waals surface area (Å²) in [5.74, 6) is 0. The van der Waals surface area contributed by atoms with Gasteiger partial charge in [-0.3, -0.25) is 0 Å². The van der Waals surface area contributed by atoms with Crippen molar-refractivity contribution in [2.75, 3.05) is 13.1 Å². The monoisotopic (exact) mass is 213 g/mol. The van der Waals surface area contributed by atoms with Gasteiger partial charge in [-0.05, 0) is 12.5 Å². The lowest BCUT2D eigenvalue weighted by molar-refractivity contribution is 0.487. The summed E-state index contributed by atoms with van der Waals surface area (Å²) >= 11 is 0. The molecule has 1 aromatic rings. The first-order valence-electron chi connectivity index (χ1n) is 5.52. The average Bonchev–Trinajstić information content (AvgIpc) is 2.32. The molecule has 0 atom stereocenters. The molecule has 0 N–H and O–H groups in total. The van der Waals surface area contributed by atoms with E-state index in [0.29, 0.717) is 0 Å². The van der Waals surface area contributed by atoms with E-state index in [-0.39, 0.29) is 0 Å². The zero-order chi connectivity index (χ0) is 11.8. The number of rotatable bonds is 6. The third-order valence-corrected chi connectivity index (χ3v) is 2.38. The second-order valence-corrected chi connectivity index (χ2v) is 3.52. The van der Waals surface area contributed by atoms with Crippen molar-refractivity contribution in [3.05, 3.63) is 67.3 Å². The van der Waals surface area contributed by atoms with E-state index in [1.165, 1.54) is 11.3 Å². The standard InChI is InChI=1S/C15H19N/c1-4-12-16(13-5-2)15(6-3)14-10-8-7-9-11-14/h4-11H,1-2,12-13H2,3H3/b15-6+. The number of allylic oxidation sites excluding steroid dienone is 1. The van der Waals surface area contributed by atoms with Crippen molar-refractivity contribution in [2.24, 2.45) is 0 Å². The van der Waals surface area contributed by atoms with Crippen LogP contribution in [0.3, 0.4) is 0 Å². The molecule has 0 saturated carbocycles. The molecular weight excluding hydrogens is 194 g/mol. The lowest BCUT2D eigenvalue weighted by Crippen LogP contribution is -2.22. The van der Waals surface area contributed by atoms with Crippen LogP contribution in [0, 0.1) is 0 Å². The van der Waals surface area contributed by atoms with Crippen LogP contribution in [0.4, 0.5) is 0 Å². The number of benzene rings is 1. The zero-order valence-electron chi connectivity index (χ0n) is 9.89. The molecule has 16 heavy (non-hydrogen) atoms. The molecular formula is C15H19N. The lowest BCUT2D eigenvalue weighted by Gasteiger charge is -2.25. The summed E-state index contributed by atoms with van der Waals surface area (Å²) in [4.78, 5) is 2.25. The van der Waals surface area contributed by atoms with Gasteiger partial charge in [0.2, 0.25) is 0 Å². The number of hydrogen-bond donors (Lipinski definition) is 0. The van der Waals surface area contributed by atoms with E-state index in [4.69, 9.17) is 0 Å². The van der Waals surface area contributed by atoms with Gasteiger partial charge in [-0.15, -0.1) is 13.2 Å². The maximum atomic E-state index is 3.79. The fraction of sp³-hybridized carbons (Fsp3) is 0.200. The Hall–Kier alpha value is -1.76. The second kappa shape index (κ2) is 6.67. The smallest absolute Gasteiger partial charge is 0.0402 e. The highest BCUT2D eigenvalue weighted by atomic mass is 15.1. The summed E-state index contributed by atoms with van der Waals surface area (Å²) in [6.07, 6.45) is 5.95. The van der Waals surface area contributed by atoms with Crippen LogP contribution in [0.1, 0.15) is 12.5 Å². The van der Waals surface area contributed by atoms with Crippen molar-refractivity contribution in [1.29, 1.82) is 0 Å². The van der Waals surface area contributed by atoms with E-state index in [2.05, 4.69) is 55.3 Å². The van der Waals surface area contributed by atoms with E-state index >= 15 is 0 Å². The quantitative estimate of drug-likeness (QED) is 0.651. The van der Waals surface area contributed by atoms with Crippen molar-refractivity contribution >= 4 is 5.70 Å². The van der Waals surface area contributed by atoms with Crippen molar-refractivity contribution in [1.82, 2.24) is 4.90 Å². The van der Waals surface area contributed by atoms with Crippen molar-refractivity contribution in [3.63, 3.8) is 0 Å². The highest BCUT2D eigenvalue weighted by Crippen LogP contribution is 2.18. The number of nitrogens with zero attached hydrogens (tertiary/aromatic N) is 1. The summed E-state index contributed by atoms with van der Waals surface area (Å²) in [6, 6.07) is 10.4. The van der Waals surface area contributed by atoms with Crippen molar-refractivity contribution in [3.8, 4) is 0 Å². The molecule has 0 bridgehead atoms. The minimum Gasteiger partial charge on any atom is -0.364 e. The Labute approximate surface area is 98.4 Å². The molecule has 0 aliphatic carbocycles. The van der Waals surface area contributed by atoms with Crippen LogP contribution < -0.4 is 0 Å². The van der Waals surface area contributed by atoms with Gasteiger partial charge in [0.15, 0.2) is 0 Å². The highest BCUT2D eigenvalue weighted by Gasteiger charge is 2.07. The first kappa shape index (κ1) is 12.3. The molecule has 0 radical (unpaired) electrons. The Kier molecular flexibility index (Phi) is 5.13. The van der Waals surface area contributed by atoms with Crippen LogP contribution >= 0.6 is 0 Å². The SMILES string of the molecule is C=CCN(CC=C)/C(=C/C)c1ccccc1. The Morgan fingerprint density at radius 3 is 2.12 bits per heavy atom. The van der Waals surface area contributed by atoms with Gasteiger partial charge < -0.3 is 4.90 Å².